The normalized spacial score (nSPS) is 22.4. The summed E-state index contributed by atoms with van der Waals surface area (Å²) < 4.78 is 5.27. The van der Waals surface area contributed by atoms with Crippen molar-refractivity contribution in [2.45, 2.75) is 44.9 Å². The molecule has 5 nitrogen and oxygen atoms in total. The van der Waals surface area contributed by atoms with Gasteiger partial charge in [-0.3, -0.25) is 9.69 Å². The zero-order valence-corrected chi connectivity index (χ0v) is 14.8. The van der Waals surface area contributed by atoms with Crippen molar-refractivity contribution in [1.29, 1.82) is 0 Å². The predicted octanol–water partition coefficient (Wildman–Crippen LogP) is 2.71. The molecule has 3 rings (SSSR count). The van der Waals surface area contributed by atoms with Crippen LogP contribution in [0.2, 0.25) is 0 Å². The highest BCUT2D eigenvalue weighted by atomic mass is 32.1. The van der Waals surface area contributed by atoms with E-state index in [9.17, 15) is 4.79 Å². The van der Waals surface area contributed by atoms with Crippen LogP contribution in [0.1, 0.15) is 42.7 Å². The van der Waals surface area contributed by atoms with E-state index in [2.05, 4.69) is 15.2 Å². The molecule has 1 unspecified atom stereocenters. The highest BCUT2D eigenvalue weighted by Gasteiger charge is 2.20. The Bertz CT molecular complexity index is 508. The highest BCUT2D eigenvalue weighted by molar-refractivity contribution is 7.15. The van der Waals surface area contributed by atoms with E-state index in [0.29, 0.717) is 12.5 Å². The second-order valence-corrected chi connectivity index (χ2v) is 7.76. The van der Waals surface area contributed by atoms with Gasteiger partial charge in [0.2, 0.25) is 5.91 Å². The van der Waals surface area contributed by atoms with Crippen LogP contribution in [0.15, 0.2) is 0 Å². The molecule has 1 atom stereocenters. The Morgan fingerprint density at radius 2 is 2.17 bits per heavy atom. The maximum absolute atomic E-state index is 12.3. The molecule has 0 aromatic carbocycles. The van der Waals surface area contributed by atoms with Crippen LogP contribution in [0.25, 0.3) is 0 Å². The number of nitrogens with zero attached hydrogens (tertiary/aromatic N) is 2. The van der Waals surface area contributed by atoms with Crippen LogP contribution in [-0.2, 0) is 22.4 Å². The van der Waals surface area contributed by atoms with Gasteiger partial charge in [-0.05, 0) is 64.0 Å². The molecule has 128 valence electrons. The summed E-state index contributed by atoms with van der Waals surface area (Å²) >= 11 is 1.66. The van der Waals surface area contributed by atoms with Gasteiger partial charge in [-0.2, -0.15) is 0 Å². The summed E-state index contributed by atoms with van der Waals surface area (Å²) in [6.45, 7) is 3.30. The number of hydrogen-bond acceptors (Lipinski definition) is 5. The Balaban J connectivity index is 1.48. The number of nitrogens with one attached hydrogen (secondary N) is 1. The smallest absolute Gasteiger partial charge is 0.240 e. The first kappa shape index (κ1) is 16.9. The monoisotopic (exact) mass is 337 g/mol. The molecule has 1 amide bonds. The number of aromatic nitrogens is 1. The summed E-state index contributed by atoms with van der Waals surface area (Å²) in [5.41, 5.74) is 1.20. The molecule has 1 aliphatic heterocycles. The summed E-state index contributed by atoms with van der Waals surface area (Å²) in [7, 11) is 1.77. The molecule has 1 N–H and O–H groups in total. The van der Waals surface area contributed by atoms with Gasteiger partial charge in [0, 0.05) is 18.6 Å². The Kier molecular flexibility index (Phi) is 6.02. The van der Waals surface area contributed by atoms with Gasteiger partial charge in [-0.15, -0.1) is 11.3 Å². The minimum Gasteiger partial charge on any atom is -0.384 e. The number of aryl methyl sites for hydroxylation is 2. The van der Waals surface area contributed by atoms with Crippen molar-refractivity contribution in [1.82, 2.24) is 9.88 Å². The molecule has 23 heavy (non-hydrogen) atoms. The van der Waals surface area contributed by atoms with Gasteiger partial charge >= 0.3 is 0 Å². The van der Waals surface area contributed by atoms with Crippen LogP contribution in [0, 0.1) is 5.92 Å². The topological polar surface area (TPSA) is 54.5 Å². The minimum atomic E-state index is 0.0706. The van der Waals surface area contributed by atoms with Crippen molar-refractivity contribution < 1.29 is 9.53 Å². The number of hydrogen-bond donors (Lipinski definition) is 1. The lowest BCUT2D eigenvalue weighted by Crippen LogP contribution is -2.34. The van der Waals surface area contributed by atoms with E-state index in [0.717, 1.165) is 50.5 Å². The van der Waals surface area contributed by atoms with Gasteiger partial charge < -0.3 is 10.1 Å². The van der Waals surface area contributed by atoms with Gasteiger partial charge in [0.25, 0.3) is 0 Å². The Labute approximate surface area is 142 Å². The van der Waals surface area contributed by atoms with Gasteiger partial charge in [-0.25, -0.2) is 4.98 Å². The number of carbonyl (C=O) groups excluding carboxylic acids is 1. The fourth-order valence-corrected chi connectivity index (χ4v) is 4.62. The number of fused-ring (bicyclic) bond motifs is 1. The van der Waals surface area contributed by atoms with Crippen molar-refractivity contribution in [3.8, 4) is 0 Å². The average Bonchev–Trinajstić information content (AvgIpc) is 2.81. The second-order valence-electron chi connectivity index (χ2n) is 6.67. The van der Waals surface area contributed by atoms with Gasteiger partial charge in [0.05, 0.1) is 12.2 Å². The summed E-state index contributed by atoms with van der Waals surface area (Å²) in [6.07, 6.45) is 8.12. The summed E-state index contributed by atoms with van der Waals surface area (Å²) in [4.78, 5) is 20.5. The van der Waals surface area contributed by atoms with E-state index >= 15 is 0 Å². The fraction of sp³-hybridized carbons (Fsp3) is 0.765. The highest BCUT2D eigenvalue weighted by Crippen LogP contribution is 2.29. The van der Waals surface area contributed by atoms with Crippen LogP contribution in [0.5, 0.6) is 0 Å². The molecule has 1 aliphatic carbocycles. The van der Waals surface area contributed by atoms with Gasteiger partial charge in [0.15, 0.2) is 5.13 Å². The molecule has 0 saturated carbocycles. The minimum absolute atomic E-state index is 0.0706. The van der Waals surface area contributed by atoms with E-state index in [4.69, 9.17) is 4.74 Å². The molecule has 1 aromatic heterocycles. The first-order chi connectivity index (χ1) is 11.2. The van der Waals surface area contributed by atoms with Crippen LogP contribution in [0.3, 0.4) is 0 Å². The van der Waals surface area contributed by atoms with Crippen LogP contribution in [-0.4, -0.2) is 49.1 Å². The third-order valence-corrected chi connectivity index (χ3v) is 5.87. The number of methoxy groups -OCH3 is 1. The van der Waals surface area contributed by atoms with Crippen molar-refractivity contribution in [2.75, 3.05) is 38.7 Å². The third kappa shape index (κ3) is 4.75. The zero-order chi connectivity index (χ0) is 16.1. The average molecular weight is 337 g/mol. The molecule has 2 heterocycles. The number of rotatable bonds is 5. The van der Waals surface area contributed by atoms with Gasteiger partial charge in [0.1, 0.15) is 0 Å². The number of likely N-dealkylation sites (tertiary alicyclic amines) is 1. The van der Waals surface area contributed by atoms with Crippen LogP contribution >= 0.6 is 11.3 Å². The summed E-state index contributed by atoms with van der Waals surface area (Å²) in [5, 5.41) is 3.79. The lowest BCUT2D eigenvalue weighted by Gasteiger charge is -2.19. The SMILES string of the molecule is COCC1CCCN(CC(=O)Nc2nc3c(s2)CCCC3)CC1. The maximum atomic E-state index is 12.3. The number of anilines is 1. The quantitative estimate of drug-likeness (QED) is 0.897. The van der Waals surface area contributed by atoms with Crippen LogP contribution in [0.4, 0.5) is 5.13 Å². The Hall–Kier alpha value is -0.980. The summed E-state index contributed by atoms with van der Waals surface area (Å²) in [5.74, 6) is 0.708. The largest absolute Gasteiger partial charge is 0.384 e. The van der Waals surface area contributed by atoms with E-state index in [1.54, 1.807) is 18.4 Å². The molecule has 0 bridgehead atoms. The molecule has 6 heteroatoms. The second kappa shape index (κ2) is 8.22. The summed E-state index contributed by atoms with van der Waals surface area (Å²) in [6, 6.07) is 0. The van der Waals surface area contributed by atoms with Crippen molar-refractivity contribution in [2.24, 2.45) is 5.92 Å². The van der Waals surface area contributed by atoms with E-state index in [1.807, 2.05) is 0 Å². The number of thiazole rings is 1. The molecular formula is C17H27N3O2S. The lowest BCUT2D eigenvalue weighted by molar-refractivity contribution is -0.117. The molecule has 0 spiro atoms. The molecule has 0 radical (unpaired) electrons. The standard InChI is InChI=1S/C17H27N3O2S/c1-22-12-13-5-4-9-20(10-8-13)11-16(21)19-17-18-14-6-2-3-7-15(14)23-17/h13H,2-12H2,1H3,(H,18,19,21). The van der Waals surface area contributed by atoms with Crippen molar-refractivity contribution in [3.05, 3.63) is 10.6 Å². The van der Waals surface area contributed by atoms with Crippen LogP contribution < -0.4 is 5.32 Å². The first-order valence-corrected chi connectivity index (χ1v) is 9.56. The van der Waals surface area contributed by atoms with E-state index < -0.39 is 0 Å². The van der Waals surface area contributed by atoms with E-state index in [-0.39, 0.29) is 5.91 Å². The third-order valence-electron chi connectivity index (χ3n) is 4.80. The maximum Gasteiger partial charge on any atom is 0.240 e. The van der Waals surface area contributed by atoms with Crippen molar-refractivity contribution >= 4 is 22.4 Å². The molecule has 1 aromatic rings. The molecule has 2 aliphatic rings. The number of ether oxygens (including phenoxy) is 1. The van der Waals surface area contributed by atoms with Crippen molar-refractivity contribution in [3.63, 3.8) is 0 Å². The number of amides is 1. The van der Waals surface area contributed by atoms with Gasteiger partial charge in [-0.1, -0.05) is 0 Å². The zero-order valence-electron chi connectivity index (χ0n) is 14.0. The first-order valence-electron chi connectivity index (χ1n) is 8.74. The molecular weight excluding hydrogens is 310 g/mol. The van der Waals surface area contributed by atoms with E-state index in [1.165, 1.54) is 29.8 Å². The fourth-order valence-electron chi connectivity index (χ4n) is 3.55. The number of carbonyl (C=O) groups is 1. The Morgan fingerprint density at radius 3 is 3.00 bits per heavy atom. The predicted molar refractivity (Wildman–Crippen MR) is 93.0 cm³/mol. The molecule has 1 saturated heterocycles. The Morgan fingerprint density at radius 1 is 1.30 bits per heavy atom. The molecule has 1 fully saturated rings. The lowest BCUT2D eigenvalue weighted by atomic mass is 10.0.